The van der Waals surface area contributed by atoms with Crippen molar-refractivity contribution in [3.63, 3.8) is 0 Å². The third kappa shape index (κ3) is 2.46. The van der Waals surface area contributed by atoms with Gasteiger partial charge in [0.15, 0.2) is 5.82 Å². The maximum atomic E-state index is 13.0. The first-order chi connectivity index (χ1) is 7.65. The van der Waals surface area contributed by atoms with Gasteiger partial charge in [0.2, 0.25) is 0 Å². The Bertz CT molecular complexity index is 516. The van der Waals surface area contributed by atoms with Crippen LogP contribution in [0.4, 0.5) is 15.9 Å². The van der Waals surface area contributed by atoms with Gasteiger partial charge in [0.05, 0.1) is 12.4 Å². The van der Waals surface area contributed by atoms with E-state index in [4.69, 9.17) is 11.6 Å². The van der Waals surface area contributed by atoms with Crippen LogP contribution in [0.5, 0.6) is 0 Å². The average Bonchev–Trinajstić information content (AvgIpc) is 2.24. The van der Waals surface area contributed by atoms with Gasteiger partial charge in [0.25, 0.3) is 0 Å². The highest BCUT2D eigenvalue weighted by Gasteiger charge is 2.02. The van der Waals surface area contributed by atoms with E-state index in [-0.39, 0.29) is 5.82 Å². The van der Waals surface area contributed by atoms with E-state index in [0.717, 1.165) is 5.56 Å². The van der Waals surface area contributed by atoms with Crippen molar-refractivity contribution in [3.05, 3.63) is 47.1 Å². The van der Waals surface area contributed by atoms with Crippen molar-refractivity contribution in [1.29, 1.82) is 0 Å². The summed E-state index contributed by atoms with van der Waals surface area (Å²) in [5, 5.41) is 3.25. The molecule has 0 aliphatic carbocycles. The summed E-state index contributed by atoms with van der Waals surface area (Å²) in [5.41, 5.74) is 1.57. The van der Waals surface area contributed by atoms with Gasteiger partial charge in [0, 0.05) is 5.69 Å². The minimum atomic E-state index is -0.303. The van der Waals surface area contributed by atoms with Gasteiger partial charge in [-0.2, -0.15) is 0 Å². The predicted octanol–water partition coefficient (Wildman–Crippen LogP) is 3.32. The van der Waals surface area contributed by atoms with E-state index in [1.165, 1.54) is 24.5 Å². The number of hydrogen-bond acceptors (Lipinski definition) is 3. The molecule has 1 heterocycles. The summed E-state index contributed by atoms with van der Waals surface area (Å²) >= 11 is 5.69. The number of halogens is 2. The molecule has 0 aliphatic heterocycles. The summed E-state index contributed by atoms with van der Waals surface area (Å²) in [6, 6.07) is 4.50. The van der Waals surface area contributed by atoms with E-state index in [0.29, 0.717) is 16.7 Å². The molecule has 1 aromatic carbocycles. The first-order valence-corrected chi connectivity index (χ1v) is 5.03. The van der Waals surface area contributed by atoms with Crippen molar-refractivity contribution in [3.8, 4) is 0 Å². The van der Waals surface area contributed by atoms with Crippen LogP contribution in [0.1, 0.15) is 5.56 Å². The average molecular weight is 238 g/mol. The molecule has 5 heteroatoms. The Balaban J connectivity index is 2.30. The number of hydrogen-bond donors (Lipinski definition) is 1. The second-order valence-corrected chi connectivity index (χ2v) is 3.70. The van der Waals surface area contributed by atoms with Crippen LogP contribution in [0.3, 0.4) is 0 Å². The number of rotatable bonds is 2. The highest BCUT2D eigenvalue weighted by molar-refractivity contribution is 6.29. The highest BCUT2D eigenvalue weighted by atomic mass is 35.5. The Labute approximate surface area is 97.3 Å². The van der Waals surface area contributed by atoms with Crippen LogP contribution in [0, 0.1) is 12.7 Å². The molecule has 0 spiro atoms. The van der Waals surface area contributed by atoms with Crippen LogP contribution < -0.4 is 5.32 Å². The van der Waals surface area contributed by atoms with E-state index in [1.807, 2.05) is 6.92 Å². The number of nitrogens with zero attached hydrogens (tertiary/aromatic N) is 2. The second-order valence-electron chi connectivity index (χ2n) is 3.31. The van der Waals surface area contributed by atoms with Gasteiger partial charge in [0.1, 0.15) is 11.0 Å². The molecule has 0 amide bonds. The van der Waals surface area contributed by atoms with Gasteiger partial charge >= 0.3 is 0 Å². The molecule has 1 N–H and O–H groups in total. The first kappa shape index (κ1) is 10.8. The fraction of sp³-hybridized carbons (Fsp3) is 0.0909. The number of benzene rings is 1. The largest absolute Gasteiger partial charge is 0.339 e. The Kier molecular flexibility index (Phi) is 3.01. The topological polar surface area (TPSA) is 37.8 Å². The van der Waals surface area contributed by atoms with Gasteiger partial charge in [-0.25, -0.2) is 9.37 Å². The van der Waals surface area contributed by atoms with Crippen LogP contribution in [0.15, 0.2) is 30.6 Å². The zero-order valence-electron chi connectivity index (χ0n) is 8.54. The summed E-state index contributed by atoms with van der Waals surface area (Å²) in [5.74, 6) is 0.185. The third-order valence-corrected chi connectivity index (χ3v) is 2.25. The van der Waals surface area contributed by atoms with Gasteiger partial charge in [-0.1, -0.05) is 17.7 Å². The van der Waals surface area contributed by atoms with E-state index in [2.05, 4.69) is 15.3 Å². The second kappa shape index (κ2) is 4.45. The van der Waals surface area contributed by atoms with Crippen molar-refractivity contribution in [1.82, 2.24) is 9.97 Å². The molecule has 2 aromatic rings. The smallest absolute Gasteiger partial charge is 0.150 e. The molecule has 0 unspecified atom stereocenters. The molecule has 2 rings (SSSR count). The van der Waals surface area contributed by atoms with Crippen molar-refractivity contribution in [2.45, 2.75) is 6.92 Å². The molecule has 0 fully saturated rings. The Morgan fingerprint density at radius 1 is 1.31 bits per heavy atom. The van der Waals surface area contributed by atoms with Crippen LogP contribution in [0.25, 0.3) is 0 Å². The lowest BCUT2D eigenvalue weighted by Crippen LogP contribution is -1.97. The molecule has 0 bridgehead atoms. The summed E-state index contributed by atoms with van der Waals surface area (Å²) < 4.78 is 13.0. The normalized spacial score (nSPS) is 10.2. The Morgan fingerprint density at radius 3 is 2.88 bits per heavy atom. The number of aryl methyl sites for hydroxylation is 1. The minimum Gasteiger partial charge on any atom is -0.339 e. The molecule has 3 nitrogen and oxygen atoms in total. The summed E-state index contributed by atoms with van der Waals surface area (Å²) in [6.45, 7) is 1.87. The number of aromatic nitrogens is 2. The molecular formula is C11H9ClFN3. The zero-order chi connectivity index (χ0) is 11.5. The number of anilines is 2. The third-order valence-electron chi connectivity index (χ3n) is 2.07. The Morgan fingerprint density at radius 2 is 2.12 bits per heavy atom. The van der Waals surface area contributed by atoms with Gasteiger partial charge < -0.3 is 5.32 Å². The monoisotopic (exact) mass is 237 g/mol. The summed E-state index contributed by atoms with van der Waals surface area (Å²) in [7, 11) is 0. The van der Waals surface area contributed by atoms with Crippen LogP contribution in [-0.2, 0) is 0 Å². The zero-order valence-corrected chi connectivity index (χ0v) is 9.29. The van der Waals surface area contributed by atoms with E-state index in [1.54, 1.807) is 6.07 Å². The SMILES string of the molecule is Cc1ccc(F)cc1Nc1cncc(Cl)n1. The van der Waals surface area contributed by atoms with Gasteiger partial charge in [-0.05, 0) is 24.6 Å². The summed E-state index contributed by atoms with van der Waals surface area (Å²) in [6.07, 6.45) is 2.96. The first-order valence-electron chi connectivity index (χ1n) is 4.66. The lowest BCUT2D eigenvalue weighted by Gasteiger charge is -2.08. The molecule has 0 atom stereocenters. The lowest BCUT2D eigenvalue weighted by molar-refractivity contribution is 0.628. The lowest BCUT2D eigenvalue weighted by atomic mass is 10.2. The maximum absolute atomic E-state index is 13.0. The molecule has 1 aromatic heterocycles. The molecular weight excluding hydrogens is 229 g/mol. The van der Waals surface area contributed by atoms with Crippen molar-refractivity contribution in [2.75, 3.05) is 5.32 Å². The van der Waals surface area contributed by atoms with Crippen molar-refractivity contribution in [2.24, 2.45) is 0 Å². The standard InChI is InChI=1S/C11H9ClFN3/c1-7-2-3-8(13)4-9(7)15-11-6-14-5-10(12)16-11/h2-6H,1H3,(H,15,16). The highest BCUT2D eigenvalue weighted by Crippen LogP contribution is 2.20. The van der Waals surface area contributed by atoms with E-state index >= 15 is 0 Å². The van der Waals surface area contributed by atoms with Crippen molar-refractivity contribution < 1.29 is 4.39 Å². The van der Waals surface area contributed by atoms with E-state index in [9.17, 15) is 4.39 Å². The fourth-order valence-corrected chi connectivity index (χ4v) is 1.42. The fourth-order valence-electron chi connectivity index (χ4n) is 1.27. The number of nitrogens with one attached hydrogen (secondary N) is 1. The predicted molar refractivity (Wildman–Crippen MR) is 61.5 cm³/mol. The molecule has 82 valence electrons. The minimum absolute atomic E-state index is 0.291. The van der Waals surface area contributed by atoms with Crippen LogP contribution in [0.2, 0.25) is 5.15 Å². The van der Waals surface area contributed by atoms with Crippen molar-refractivity contribution >= 4 is 23.1 Å². The molecule has 0 aliphatic rings. The molecule has 16 heavy (non-hydrogen) atoms. The quantitative estimate of drug-likeness (QED) is 0.871. The van der Waals surface area contributed by atoms with Gasteiger partial charge in [-0.15, -0.1) is 0 Å². The molecule has 0 saturated carbocycles. The van der Waals surface area contributed by atoms with Gasteiger partial charge in [-0.3, -0.25) is 4.98 Å². The molecule has 0 radical (unpaired) electrons. The Hall–Kier alpha value is -1.68. The van der Waals surface area contributed by atoms with Crippen LogP contribution >= 0.6 is 11.6 Å². The van der Waals surface area contributed by atoms with Crippen LogP contribution in [-0.4, -0.2) is 9.97 Å². The van der Waals surface area contributed by atoms with E-state index < -0.39 is 0 Å². The summed E-state index contributed by atoms with van der Waals surface area (Å²) in [4.78, 5) is 7.89. The maximum Gasteiger partial charge on any atom is 0.150 e. The molecule has 0 saturated heterocycles.